The molecule has 5 amide bonds. The number of nitrogens with one attached hydrogen (secondary N) is 3. The monoisotopic (exact) mass is 846 g/mol. The first-order valence-corrected chi connectivity index (χ1v) is 21.6. The first-order chi connectivity index (χ1) is 29.0. The van der Waals surface area contributed by atoms with Gasteiger partial charge in [0.15, 0.2) is 16.5 Å². The Labute approximate surface area is 348 Å². The lowest BCUT2D eigenvalue weighted by Crippen LogP contribution is -2.54. The maximum Gasteiger partial charge on any atom is 0.331 e. The summed E-state index contributed by atoms with van der Waals surface area (Å²) in [7, 11) is 2.16. The predicted molar refractivity (Wildman–Crippen MR) is 219 cm³/mol. The second-order valence-corrected chi connectivity index (χ2v) is 17.6. The zero-order valence-corrected chi connectivity index (χ0v) is 34.1. The Morgan fingerprint density at radius 2 is 1.75 bits per heavy atom. The number of fused-ring (bicyclic) bond motifs is 2. The smallest absolute Gasteiger partial charge is 0.331 e. The normalized spacial score (nSPS) is 25.1. The number of amides is 5. The Balaban J connectivity index is 0.762. The van der Waals surface area contributed by atoms with E-state index < -0.39 is 47.8 Å². The SMILES string of the molecule is CN(CC1CCC(n2cc(NC(=O)n3ccc4sc(N5CCOCC5)nc43)c(C(F)F)n2)CC1)[C@H]1CC[C@H](Nc2cccc3c2C(=O)N(C2CCC(=O)NC2=O)C3=O)CC1. The minimum atomic E-state index is -2.86. The van der Waals surface area contributed by atoms with Gasteiger partial charge in [0.25, 0.3) is 18.2 Å². The molecule has 0 bridgehead atoms. The van der Waals surface area contributed by atoms with E-state index in [1.165, 1.54) is 22.1 Å². The van der Waals surface area contributed by atoms with Gasteiger partial charge in [-0.3, -0.25) is 38.6 Å². The average molecular weight is 847 g/mol. The van der Waals surface area contributed by atoms with Crippen LogP contribution in [0, 0.1) is 5.92 Å². The van der Waals surface area contributed by atoms with E-state index in [9.17, 15) is 32.8 Å². The molecule has 0 radical (unpaired) electrons. The van der Waals surface area contributed by atoms with Gasteiger partial charge in [-0.25, -0.2) is 18.6 Å². The van der Waals surface area contributed by atoms with Gasteiger partial charge in [0.1, 0.15) is 6.04 Å². The van der Waals surface area contributed by atoms with E-state index in [1.807, 2.05) is 0 Å². The van der Waals surface area contributed by atoms with E-state index >= 15 is 0 Å². The number of alkyl halides is 2. The number of hydrogen-bond acceptors (Lipinski definition) is 12. The van der Waals surface area contributed by atoms with Crippen LogP contribution in [0.15, 0.2) is 36.7 Å². The number of nitrogens with zero attached hydrogens (tertiary/aromatic N) is 7. The second-order valence-electron chi connectivity index (χ2n) is 16.5. The molecule has 16 nitrogen and oxygen atoms in total. The highest BCUT2D eigenvalue weighted by Crippen LogP contribution is 2.38. The number of carbonyl (C=O) groups is 5. The van der Waals surface area contributed by atoms with Crippen molar-refractivity contribution in [3.05, 3.63) is 53.5 Å². The van der Waals surface area contributed by atoms with Gasteiger partial charge >= 0.3 is 6.03 Å². The molecule has 1 atom stereocenters. The highest BCUT2D eigenvalue weighted by molar-refractivity contribution is 7.22. The van der Waals surface area contributed by atoms with Crippen LogP contribution in [0.5, 0.6) is 0 Å². The van der Waals surface area contributed by atoms with Crippen molar-refractivity contribution in [1.29, 1.82) is 0 Å². The van der Waals surface area contributed by atoms with Crippen molar-refractivity contribution in [3.8, 4) is 0 Å². The van der Waals surface area contributed by atoms with E-state index in [2.05, 4.69) is 42.9 Å². The molecule has 3 aliphatic heterocycles. The highest BCUT2D eigenvalue weighted by atomic mass is 32.1. The zero-order valence-electron chi connectivity index (χ0n) is 33.3. The van der Waals surface area contributed by atoms with Gasteiger partial charge in [-0.2, -0.15) is 5.10 Å². The van der Waals surface area contributed by atoms with E-state index in [0.717, 1.165) is 72.6 Å². The van der Waals surface area contributed by atoms with E-state index in [0.29, 0.717) is 49.6 Å². The minimum absolute atomic E-state index is 0.00151. The number of halogens is 2. The fourth-order valence-electron chi connectivity index (χ4n) is 9.55. The number of benzene rings is 1. The van der Waals surface area contributed by atoms with Crippen molar-refractivity contribution < 1.29 is 37.5 Å². The van der Waals surface area contributed by atoms with Crippen LogP contribution in [0.4, 0.5) is 30.1 Å². The first kappa shape index (κ1) is 40.2. The summed E-state index contributed by atoms with van der Waals surface area (Å²) >= 11 is 1.48. The number of aromatic nitrogens is 4. The Morgan fingerprint density at radius 1 is 0.983 bits per heavy atom. The molecule has 1 unspecified atom stereocenters. The number of piperidine rings is 1. The topological polar surface area (TPSA) is 176 Å². The molecule has 4 aromatic rings. The van der Waals surface area contributed by atoms with Crippen LogP contribution in [-0.2, 0) is 14.3 Å². The van der Waals surface area contributed by atoms with Crippen LogP contribution < -0.4 is 20.9 Å². The Bertz CT molecular complexity index is 2310. The van der Waals surface area contributed by atoms with Crippen LogP contribution in [0.2, 0.25) is 0 Å². The predicted octanol–water partition coefficient (Wildman–Crippen LogP) is 5.64. The molecule has 19 heteroatoms. The molecule has 9 rings (SSSR count). The number of carbonyl (C=O) groups excluding carboxylic acids is 5. The largest absolute Gasteiger partial charge is 0.382 e. The van der Waals surface area contributed by atoms with Gasteiger partial charge in [0.2, 0.25) is 11.8 Å². The summed E-state index contributed by atoms with van der Waals surface area (Å²) < 4.78 is 37.7. The second kappa shape index (κ2) is 16.6. The lowest BCUT2D eigenvalue weighted by molar-refractivity contribution is -0.136. The van der Waals surface area contributed by atoms with Crippen LogP contribution in [0.3, 0.4) is 0 Å². The van der Waals surface area contributed by atoms with Crippen molar-refractivity contribution in [3.63, 3.8) is 0 Å². The Kier molecular flexibility index (Phi) is 11.1. The summed E-state index contributed by atoms with van der Waals surface area (Å²) in [5.74, 6) is -1.63. The third-order valence-corrected chi connectivity index (χ3v) is 13.9. The molecular weight excluding hydrogens is 799 g/mol. The maximum absolute atomic E-state index is 14.2. The molecule has 5 aliphatic rings. The molecule has 1 aromatic carbocycles. The van der Waals surface area contributed by atoms with Crippen molar-refractivity contribution in [2.45, 2.75) is 94.8 Å². The van der Waals surface area contributed by atoms with Crippen LogP contribution in [0.25, 0.3) is 10.3 Å². The molecule has 0 spiro atoms. The molecule has 3 aromatic heterocycles. The zero-order chi connectivity index (χ0) is 41.7. The Morgan fingerprint density at radius 3 is 2.48 bits per heavy atom. The van der Waals surface area contributed by atoms with E-state index in [1.54, 1.807) is 35.1 Å². The van der Waals surface area contributed by atoms with Gasteiger partial charge in [0, 0.05) is 56.2 Å². The Hall–Kier alpha value is -5.27. The number of rotatable bonds is 10. The molecule has 3 N–H and O–H groups in total. The standard InChI is InChI=1S/C41H48F2N10O6S/c1-49(25-11-7-24(8-12-25)44-28-4-2-3-27-33(28)39(57)53(38(27)56)30-13-14-32(54)46-37(30)55)21-23-5-9-26(10-6-23)52-22-29(34(48-52)35(42)43)45-40(58)51-16-15-31-36(51)47-41(60-31)50-17-19-59-20-18-50/h2-4,15-16,22-26,30,35,44H,5-14,17-21H2,1H3,(H,45,58)(H,46,54,55)/t23?,24-,25-,26?,30?. The fraction of sp³-hybridized carbons (Fsp3) is 0.537. The highest BCUT2D eigenvalue weighted by Gasteiger charge is 2.46. The van der Waals surface area contributed by atoms with Gasteiger partial charge < -0.3 is 25.2 Å². The third-order valence-electron chi connectivity index (χ3n) is 12.8. The van der Waals surface area contributed by atoms with Crippen molar-refractivity contribution in [2.24, 2.45) is 5.92 Å². The van der Waals surface area contributed by atoms with Crippen molar-refractivity contribution in [2.75, 3.05) is 55.4 Å². The molecule has 2 saturated carbocycles. The quantitative estimate of drug-likeness (QED) is 0.169. The fourth-order valence-corrected chi connectivity index (χ4v) is 10.6. The van der Waals surface area contributed by atoms with E-state index in [4.69, 9.17) is 4.74 Å². The number of morpholine rings is 1. The number of thiazole rings is 1. The summed E-state index contributed by atoms with van der Waals surface area (Å²) in [4.78, 5) is 74.7. The molecule has 2 saturated heterocycles. The van der Waals surface area contributed by atoms with Crippen LogP contribution in [-0.4, -0.2) is 117 Å². The molecular formula is C41H48F2N10O6S. The molecule has 2 aliphatic carbocycles. The number of ether oxygens (including phenoxy) is 1. The minimum Gasteiger partial charge on any atom is -0.382 e. The number of hydrogen-bond donors (Lipinski definition) is 3. The van der Waals surface area contributed by atoms with Gasteiger partial charge in [-0.05, 0) is 89.0 Å². The van der Waals surface area contributed by atoms with Crippen LogP contribution >= 0.6 is 11.3 Å². The number of anilines is 3. The first-order valence-electron chi connectivity index (χ1n) is 20.8. The summed E-state index contributed by atoms with van der Waals surface area (Å²) in [6.07, 6.45) is 7.56. The van der Waals surface area contributed by atoms with Gasteiger partial charge in [0.05, 0.1) is 40.8 Å². The molecule has 318 valence electrons. The van der Waals surface area contributed by atoms with Gasteiger partial charge in [-0.15, -0.1) is 0 Å². The molecule has 4 fully saturated rings. The molecule has 60 heavy (non-hydrogen) atoms. The summed E-state index contributed by atoms with van der Waals surface area (Å²) in [6.45, 7) is 3.57. The average Bonchev–Trinajstić information content (AvgIpc) is 4.02. The molecule has 6 heterocycles. The lowest BCUT2D eigenvalue weighted by Gasteiger charge is -2.38. The van der Waals surface area contributed by atoms with Crippen LogP contribution in [0.1, 0.15) is 103 Å². The lowest BCUT2D eigenvalue weighted by atomic mass is 9.84. The third kappa shape index (κ3) is 7.77. The van der Waals surface area contributed by atoms with Crippen molar-refractivity contribution >= 4 is 67.9 Å². The number of imide groups is 2. The summed E-state index contributed by atoms with van der Waals surface area (Å²) in [5.41, 5.74) is 1.14. The maximum atomic E-state index is 14.2. The van der Waals surface area contributed by atoms with Crippen molar-refractivity contribution in [1.82, 2.24) is 34.4 Å². The summed E-state index contributed by atoms with van der Waals surface area (Å²) in [5, 5.41) is 13.5. The summed E-state index contributed by atoms with van der Waals surface area (Å²) in [6, 6.07) is 5.80. The van der Waals surface area contributed by atoms with E-state index in [-0.39, 0.29) is 41.7 Å². The van der Waals surface area contributed by atoms with Gasteiger partial charge in [-0.1, -0.05) is 17.4 Å².